The second-order valence-corrected chi connectivity index (χ2v) is 3.77. The van der Waals surface area contributed by atoms with Gasteiger partial charge in [-0.05, 0) is 29.8 Å². The Hall–Kier alpha value is -2.36. The zero-order valence-electron chi connectivity index (χ0n) is 8.61. The molecular weight excluding hydrogens is 221 g/mol. The third-order valence-electron chi connectivity index (χ3n) is 2.79. The summed E-state index contributed by atoms with van der Waals surface area (Å²) in [5.74, 6) is -1.61. The Kier molecular flexibility index (Phi) is 1.92. The molecule has 82 valence electrons. The molecule has 0 saturated heterocycles. The van der Waals surface area contributed by atoms with Crippen molar-refractivity contribution in [3.05, 3.63) is 53.6 Å². The first kappa shape index (κ1) is 9.84. The second-order valence-electron chi connectivity index (χ2n) is 3.77. The number of nitrogens with zero attached hydrogens (tertiary/aromatic N) is 1. The first-order valence-electron chi connectivity index (χ1n) is 5.01. The summed E-state index contributed by atoms with van der Waals surface area (Å²) in [6.45, 7) is 0. The lowest BCUT2D eigenvalue weighted by Crippen LogP contribution is -2.21. The summed E-state index contributed by atoms with van der Waals surface area (Å²) in [6, 6.07) is 5.23. The number of hydrogen-bond donors (Lipinski definition) is 0. The lowest BCUT2D eigenvalue weighted by Gasteiger charge is -2.16. The van der Waals surface area contributed by atoms with Crippen molar-refractivity contribution in [1.82, 2.24) is 4.98 Å². The number of carbonyl (C=O) groups is 2. The van der Waals surface area contributed by atoms with Crippen molar-refractivity contribution in [2.45, 2.75) is 0 Å². The van der Waals surface area contributed by atoms with E-state index in [-0.39, 0.29) is 11.1 Å². The predicted molar refractivity (Wildman–Crippen MR) is 58.3 cm³/mol. The molecule has 0 amide bonds. The summed E-state index contributed by atoms with van der Waals surface area (Å²) in [4.78, 5) is 27.5. The average molecular weight is 227 g/mol. The van der Waals surface area contributed by atoms with Crippen LogP contribution in [0.1, 0.15) is 20.7 Å². The normalized spacial score (nSPS) is 13.2. The highest BCUT2D eigenvalue weighted by atomic mass is 19.1. The number of rotatable bonds is 0. The fourth-order valence-electron chi connectivity index (χ4n) is 1.99. The smallest absolute Gasteiger partial charge is 0.234 e. The third kappa shape index (κ3) is 1.30. The van der Waals surface area contributed by atoms with E-state index >= 15 is 0 Å². The lowest BCUT2D eigenvalue weighted by atomic mass is 9.85. The SMILES string of the molecule is O=C1C(=O)c2ccc(F)cc2-c2cnccc21. The van der Waals surface area contributed by atoms with Gasteiger partial charge in [0.25, 0.3) is 0 Å². The first-order chi connectivity index (χ1) is 8.18. The van der Waals surface area contributed by atoms with Crippen LogP contribution in [0.5, 0.6) is 0 Å². The van der Waals surface area contributed by atoms with E-state index in [9.17, 15) is 14.0 Å². The highest BCUT2D eigenvalue weighted by molar-refractivity contribution is 6.52. The van der Waals surface area contributed by atoms with E-state index in [0.29, 0.717) is 11.1 Å². The molecule has 0 N–H and O–H groups in total. The minimum Gasteiger partial charge on any atom is -0.285 e. The second kappa shape index (κ2) is 3.31. The Balaban J connectivity index is 2.41. The highest BCUT2D eigenvalue weighted by Crippen LogP contribution is 2.32. The Bertz CT molecular complexity index is 664. The van der Waals surface area contributed by atoms with Crippen LogP contribution in [0.15, 0.2) is 36.7 Å². The van der Waals surface area contributed by atoms with Crippen molar-refractivity contribution >= 4 is 11.6 Å². The summed E-state index contributed by atoms with van der Waals surface area (Å²) in [6.07, 6.45) is 2.91. The Morgan fingerprint density at radius 1 is 0.882 bits per heavy atom. The molecule has 2 aromatic rings. The number of pyridine rings is 1. The van der Waals surface area contributed by atoms with Crippen LogP contribution in [0.2, 0.25) is 0 Å². The fourth-order valence-corrected chi connectivity index (χ4v) is 1.99. The molecule has 0 saturated carbocycles. The molecule has 3 nitrogen and oxygen atoms in total. The molecule has 17 heavy (non-hydrogen) atoms. The van der Waals surface area contributed by atoms with Gasteiger partial charge in [0, 0.05) is 29.1 Å². The van der Waals surface area contributed by atoms with Gasteiger partial charge in [-0.3, -0.25) is 14.6 Å². The number of benzene rings is 1. The molecule has 1 aliphatic rings. The van der Waals surface area contributed by atoms with Gasteiger partial charge in [-0.2, -0.15) is 0 Å². The van der Waals surface area contributed by atoms with E-state index in [2.05, 4.69) is 4.98 Å². The van der Waals surface area contributed by atoms with Crippen LogP contribution in [0, 0.1) is 5.82 Å². The van der Waals surface area contributed by atoms with Gasteiger partial charge in [-0.25, -0.2) is 4.39 Å². The van der Waals surface area contributed by atoms with E-state index in [4.69, 9.17) is 0 Å². The van der Waals surface area contributed by atoms with Crippen LogP contribution in [0.25, 0.3) is 11.1 Å². The van der Waals surface area contributed by atoms with Gasteiger partial charge in [-0.15, -0.1) is 0 Å². The zero-order valence-corrected chi connectivity index (χ0v) is 8.61. The van der Waals surface area contributed by atoms with E-state index in [1.165, 1.54) is 36.7 Å². The van der Waals surface area contributed by atoms with Gasteiger partial charge >= 0.3 is 0 Å². The number of carbonyl (C=O) groups excluding carboxylic acids is 2. The van der Waals surface area contributed by atoms with Crippen molar-refractivity contribution in [1.29, 1.82) is 0 Å². The summed E-state index contributed by atoms with van der Waals surface area (Å²) >= 11 is 0. The van der Waals surface area contributed by atoms with Crippen molar-refractivity contribution in [2.24, 2.45) is 0 Å². The number of halogens is 1. The zero-order chi connectivity index (χ0) is 12.0. The van der Waals surface area contributed by atoms with Gasteiger partial charge in [0.05, 0.1) is 0 Å². The Morgan fingerprint density at radius 3 is 2.35 bits per heavy atom. The molecule has 0 atom stereocenters. The van der Waals surface area contributed by atoms with Crippen molar-refractivity contribution in [3.63, 3.8) is 0 Å². The highest BCUT2D eigenvalue weighted by Gasteiger charge is 2.30. The number of aromatic nitrogens is 1. The molecule has 0 unspecified atom stereocenters. The fraction of sp³-hybridized carbons (Fsp3) is 0. The lowest BCUT2D eigenvalue weighted by molar-refractivity contribution is 0.0815. The number of Topliss-reactive ketones (excluding diaryl/α,β-unsaturated/α-hetero) is 2. The van der Waals surface area contributed by atoms with Crippen molar-refractivity contribution in [3.8, 4) is 11.1 Å². The third-order valence-corrected chi connectivity index (χ3v) is 2.79. The predicted octanol–water partition coefficient (Wildman–Crippen LogP) is 2.27. The molecule has 1 aromatic heterocycles. The molecule has 0 fully saturated rings. The van der Waals surface area contributed by atoms with E-state index < -0.39 is 17.4 Å². The van der Waals surface area contributed by atoms with Crippen LogP contribution < -0.4 is 0 Å². The quantitative estimate of drug-likeness (QED) is 0.648. The maximum Gasteiger partial charge on any atom is 0.234 e. The van der Waals surface area contributed by atoms with Crippen LogP contribution in [-0.4, -0.2) is 16.6 Å². The van der Waals surface area contributed by atoms with Crippen molar-refractivity contribution < 1.29 is 14.0 Å². The number of ketones is 2. The molecular formula is C13H6FNO2. The van der Waals surface area contributed by atoms with Crippen LogP contribution in [0.4, 0.5) is 4.39 Å². The maximum absolute atomic E-state index is 13.2. The van der Waals surface area contributed by atoms with Crippen LogP contribution in [0.3, 0.4) is 0 Å². The van der Waals surface area contributed by atoms with Gasteiger partial charge in [-0.1, -0.05) is 0 Å². The number of hydrogen-bond acceptors (Lipinski definition) is 3. The van der Waals surface area contributed by atoms with E-state index in [0.717, 1.165) is 0 Å². The van der Waals surface area contributed by atoms with E-state index in [1.54, 1.807) is 0 Å². The molecule has 3 rings (SSSR count). The molecule has 0 aliphatic heterocycles. The molecule has 0 radical (unpaired) electrons. The van der Waals surface area contributed by atoms with Gasteiger partial charge in [0.1, 0.15) is 5.82 Å². The Morgan fingerprint density at radius 2 is 1.59 bits per heavy atom. The molecule has 1 heterocycles. The van der Waals surface area contributed by atoms with E-state index in [1.807, 2.05) is 0 Å². The molecule has 0 bridgehead atoms. The summed E-state index contributed by atoms with van der Waals surface area (Å²) in [5, 5.41) is 0. The number of fused-ring (bicyclic) bond motifs is 3. The van der Waals surface area contributed by atoms with Crippen molar-refractivity contribution in [2.75, 3.05) is 0 Å². The Labute approximate surface area is 95.9 Å². The summed E-state index contributed by atoms with van der Waals surface area (Å²) < 4.78 is 13.2. The van der Waals surface area contributed by atoms with Gasteiger partial charge in [0.15, 0.2) is 0 Å². The standard InChI is InChI=1S/C13H6FNO2/c14-7-1-2-8-10(5-7)11-6-15-4-3-9(11)13(17)12(8)16/h1-6H. The van der Waals surface area contributed by atoms with Gasteiger partial charge < -0.3 is 0 Å². The average Bonchev–Trinajstić information content (AvgIpc) is 2.36. The largest absolute Gasteiger partial charge is 0.285 e. The molecule has 1 aromatic carbocycles. The monoisotopic (exact) mass is 227 g/mol. The maximum atomic E-state index is 13.2. The van der Waals surface area contributed by atoms with Crippen LogP contribution >= 0.6 is 0 Å². The summed E-state index contributed by atoms with van der Waals surface area (Å²) in [7, 11) is 0. The summed E-state index contributed by atoms with van der Waals surface area (Å²) in [5.41, 5.74) is 1.45. The topological polar surface area (TPSA) is 47.0 Å². The minimum absolute atomic E-state index is 0.233. The molecule has 1 aliphatic carbocycles. The molecule has 4 heteroatoms. The first-order valence-corrected chi connectivity index (χ1v) is 5.01. The van der Waals surface area contributed by atoms with Crippen LogP contribution in [-0.2, 0) is 0 Å². The minimum atomic E-state index is -0.598. The molecule has 0 spiro atoms. The van der Waals surface area contributed by atoms with Gasteiger partial charge in [0.2, 0.25) is 11.6 Å².